The minimum Gasteiger partial charge on any atom is -0.512 e. The van der Waals surface area contributed by atoms with Crippen molar-refractivity contribution in [3.63, 3.8) is 0 Å². The monoisotopic (exact) mass is 491 g/mol. The minimum absolute atomic E-state index is 0.0810. The van der Waals surface area contributed by atoms with Gasteiger partial charge in [0.2, 0.25) is 5.78 Å². The molecule has 6 nitrogen and oxygen atoms in total. The van der Waals surface area contributed by atoms with Gasteiger partial charge in [0.1, 0.15) is 17.2 Å². The van der Waals surface area contributed by atoms with E-state index in [0.717, 1.165) is 31.2 Å². The Morgan fingerprint density at radius 2 is 2.03 bits per heavy atom. The van der Waals surface area contributed by atoms with Crippen LogP contribution in [0.25, 0.3) is 5.78 Å². The first-order chi connectivity index (χ1) is 17.1. The van der Waals surface area contributed by atoms with Crippen LogP contribution in [0.4, 0.5) is 4.39 Å². The lowest BCUT2D eigenvalue weighted by atomic mass is 9.76. The smallest absolute Gasteiger partial charge is 0.338 e. The highest BCUT2D eigenvalue weighted by molar-refractivity contribution is 5.90. The fraction of sp³-hybridized carbons (Fsp3) is 0.483. The van der Waals surface area contributed by atoms with Gasteiger partial charge in [0.25, 0.3) is 0 Å². The second-order valence-corrected chi connectivity index (χ2v) is 11.3. The van der Waals surface area contributed by atoms with Crippen molar-refractivity contribution in [2.24, 2.45) is 5.92 Å². The van der Waals surface area contributed by atoms with E-state index in [2.05, 4.69) is 9.97 Å². The Kier molecular flexibility index (Phi) is 6.35. The fourth-order valence-electron chi connectivity index (χ4n) is 5.81. The summed E-state index contributed by atoms with van der Waals surface area (Å²) in [5.41, 5.74) is 1.42. The summed E-state index contributed by atoms with van der Waals surface area (Å²) in [6.45, 7) is 5.99. The number of nitrogens with zero attached hydrogens (tertiary/aromatic N) is 3. The molecule has 1 unspecified atom stereocenters. The lowest BCUT2D eigenvalue weighted by molar-refractivity contribution is -0.167. The number of imidazole rings is 1. The Bertz CT molecular complexity index is 1280. The number of halogens is 1. The molecule has 3 heterocycles. The third kappa shape index (κ3) is 4.75. The molecule has 1 aliphatic heterocycles. The number of cyclic esters (lactones) is 1. The van der Waals surface area contributed by atoms with Crippen LogP contribution in [-0.2, 0) is 27.8 Å². The summed E-state index contributed by atoms with van der Waals surface area (Å²) in [5, 5.41) is 11.1. The molecule has 1 aromatic carbocycles. The molecule has 0 saturated heterocycles. The molecule has 190 valence electrons. The van der Waals surface area contributed by atoms with Crippen molar-refractivity contribution in [1.29, 1.82) is 0 Å². The summed E-state index contributed by atoms with van der Waals surface area (Å²) >= 11 is 0. The SMILES string of the molecule is CC(C)(C)c1ccc(CCC2(C3CCCC3)CC(O)=C(Cc3cn4cccnc4n3)C(=O)O2)cc1F. The number of aliphatic hydroxyl groups is 1. The molecule has 1 atom stereocenters. The number of carbonyl (C=O) groups excluding carboxylic acids is 1. The van der Waals surface area contributed by atoms with Crippen molar-refractivity contribution in [1.82, 2.24) is 14.4 Å². The van der Waals surface area contributed by atoms with Gasteiger partial charge in [0, 0.05) is 31.4 Å². The molecule has 5 rings (SSSR count). The van der Waals surface area contributed by atoms with Gasteiger partial charge >= 0.3 is 5.97 Å². The number of aryl methyl sites for hydroxylation is 1. The van der Waals surface area contributed by atoms with Crippen LogP contribution in [0.15, 0.2) is 54.2 Å². The molecule has 0 radical (unpaired) electrons. The van der Waals surface area contributed by atoms with Gasteiger partial charge in [-0.3, -0.25) is 4.40 Å². The number of hydrogen-bond donors (Lipinski definition) is 1. The van der Waals surface area contributed by atoms with Crippen molar-refractivity contribution in [3.05, 3.63) is 76.8 Å². The quantitative estimate of drug-likeness (QED) is 0.426. The van der Waals surface area contributed by atoms with Gasteiger partial charge in [-0.15, -0.1) is 0 Å². The van der Waals surface area contributed by atoms with E-state index >= 15 is 0 Å². The van der Waals surface area contributed by atoms with Crippen molar-refractivity contribution in [3.8, 4) is 0 Å². The molecule has 0 spiro atoms. The zero-order valence-corrected chi connectivity index (χ0v) is 21.3. The van der Waals surface area contributed by atoms with Crippen molar-refractivity contribution >= 4 is 11.7 Å². The van der Waals surface area contributed by atoms with Crippen LogP contribution in [0.2, 0.25) is 0 Å². The van der Waals surface area contributed by atoms with Crippen LogP contribution in [0.1, 0.15) is 76.1 Å². The number of fused-ring (bicyclic) bond motifs is 1. The van der Waals surface area contributed by atoms with Gasteiger partial charge in [-0.25, -0.2) is 19.2 Å². The zero-order chi connectivity index (χ0) is 25.5. The van der Waals surface area contributed by atoms with E-state index < -0.39 is 11.6 Å². The van der Waals surface area contributed by atoms with E-state index in [0.29, 0.717) is 29.9 Å². The number of ether oxygens (including phenoxy) is 1. The van der Waals surface area contributed by atoms with Gasteiger partial charge in [-0.2, -0.15) is 0 Å². The molecule has 0 amide bonds. The highest BCUT2D eigenvalue weighted by Gasteiger charge is 2.48. The van der Waals surface area contributed by atoms with Crippen LogP contribution in [0.5, 0.6) is 0 Å². The molecule has 1 saturated carbocycles. The molecule has 2 aromatic heterocycles. The van der Waals surface area contributed by atoms with Crippen LogP contribution < -0.4 is 0 Å². The molecule has 36 heavy (non-hydrogen) atoms. The van der Waals surface area contributed by atoms with E-state index in [1.54, 1.807) is 16.7 Å². The van der Waals surface area contributed by atoms with Gasteiger partial charge < -0.3 is 9.84 Å². The second-order valence-electron chi connectivity index (χ2n) is 11.3. The van der Waals surface area contributed by atoms with Crippen LogP contribution in [0, 0.1) is 11.7 Å². The topological polar surface area (TPSA) is 76.7 Å². The molecular weight excluding hydrogens is 457 g/mol. The zero-order valence-electron chi connectivity index (χ0n) is 21.3. The maximum Gasteiger partial charge on any atom is 0.338 e. The Balaban J connectivity index is 1.38. The molecule has 2 aliphatic rings. The van der Waals surface area contributed by atoms with E-state index in [9.17, 15) is 14.3 Å². The number of aliphatic hydroxyl groups excluding tert-OH is 1. The molecule has 3 aromatic rings. The first kappa shape index (κ1) is 24.5. The lowest BCUT2D eigenvalue weighted by Crippen LogP contribution is -2.46. The van der Waals surface area contributed by atoms with E-state index in [4.69, 9.17) is 4.74 Å². The molecule has 7 heteroatoms. The second kappa shape index (κ2) is 9.34. The van der Waals surface area contributed by atoms with Crippen LogP contribution in [0.3, 0.4) is 0 Å². The normalized spacial score (nSPS) is 21.4. The summed E-state index contributed by atoms with van der Waals surface area (Å²) in [5.74, 6) is 0.120. The van der Waals surface area contributed by atoms with E-state index in [-0.39, 0.29) is 41.3 Å². The number of rotatable bonds is 6. The minimum atomic E-state index is -0.777. The lowest BCUT2D eigenvalue weighted by Gasteiger charge is -2.42. The average Bonchev–Trinajstić information content (AvgIpc) is 3.49. The third-order valence-electron chi connectivity index (χ3n) is 7.78. The first-order valence-corrected chi connectivity index (χ1v) is 12.9. The van der Waals surface area contributed by atoms with Crippen LogP contribution in [-0.4, -0.2) is 31.0 Å². The van der Waals surface area contributed by atoms with Gasteiger partial charge in [0.15, 0.2) is 0 Å². The van der Waals surface area contributed by atoms with E-state index in [1.165, 1.54) is 0 Å². The summed E-state index contributed by atoms with van der Waals surface area (Å²) in [4.78, 5) is 21.9. The molecular formula is C29H34FN3O3. The predicted molar refractivity (Wildman–Crippen MR) is 135 cm³/mol. The van der Waals surface area contributed by atoms with Crippen molar-refractivity contribution in [2.45, 2.75) is 83.2 Å². The Morgan fingerprint density at radius 3 is 2.69 bits per heavy atom. The molecule has 1 aliphatic carbocycles. The summed E-state index contributed by atoms with van der Waals surface area (Å²) in [6, 6.07) is 7.24. The number of esters is 1. The standard InChI is InChI=1S/C29H34FN3O3/c1-28(2,3)23-10-9-19(15-24(23)30)11-12-29(20-7-4-5-8-20)17-25(34)22(26(35)36-29)16-21-18-33-14-6-13-31-27(33)32-21/h6,9-10,13-15,18,20,34H,4-5,7-8,11-12,16-17H2,1-3H3. The summed E-state index contributed by atoms with van der Waals surface area (Å²) in [6.07, 6.45) is 11.0. The maximum atomic E-state index is 14.8. The fourth-order valence-corrected chi connectivity index (χ4v) is 5.81. The van der Waals surface area contributed by atoms with Crippen LogP contribution >= 0.6 is 0 Å². The molecule has 1 N–H and O–H groups in total. The highest BCUT2D eigenvalue weighted by atomic mass is 19.1. The number of benzene rings is 1. The summed E-state index contributed by atoms with van der Waals surface area (Å²) < 4.78 is 22.8. The maximum absolute atomic E-state index is 14.8. The predicted octanol–water partition coefficient (Wildman–Crippen LogP) is 6.03. The highest BCUT2D eigenvalue weighted by Crippen LogP contribution is 2.46. The number of hydrogen-bond acceptors (Lipinski definition) is 5. The Labute approximate surface area is 211 Å². The van der Waals surface area contributed by atoms with E-state index in [1.807, 2.05) is 51.4 Å². The third-order valence-corrected chi connectivity index (χ3v) is 7.78. The van der Waals surface area contributed by atoms with Crippen molar-refractivity contribution in [2.75, 3.05) is 0 Å². The Hall–Kier alpha value is -3.22. The first-order valence-electron chi connectivity index (χ1n) is 12.9. The number of carbonyl (C=O) groups is 1. The Morgan fingerprint density at radius 1 is 1.25 bits per heavy atom. The number of aromatic nitrogens is 3. The molecule has 0 bridgehead atoms. The largest absolute Gasteiger partial charge is 0.512 e. The average molecular weight is 492 g/mol. The van der Waals surface area contributed by atoms with Gasteiger partial charge in [0.05, 0.1) is 11.3 Å². The van der Waals surface area contributed by atoms with Gasteiger partial charge in [-0.05, 0) is 60.3 Å². The summed E-state index contributed by atoms with van der Waals surface area (Å²) in [7, 11) is 0. The molecule has 1 fully saturated rings. The van der Waals surface area contributed by atoms with Crippen molar-refractivity contribution < 1.29 is 19.0 Å². The van der Waals surface area contributed by atoms with Gasteiger partial charge in [-0.1, -0.05) is 45.7 Å².